The molecule has 2 saturated heterocycles. The lowest BCUT2D eigenvalue weighted by Crippen LogP contribution is -2.51. The van der Waals surface area contributed by atoms with Crippen LogP contribution in [0.5, 0.6) is 0 Å². The van der Waals surface area contributed by atoms with Crippen molar-refractivity contribution in [3.05, 3.63) is 42.5 Å². The van der Waals surface area contributed by atoms with Crippen LogP contribution in [0.4, 0.5) is 0 Å². The van der Waals surface area contributed by atoms with Crippen molar-refractivity contribution in [3.8, 4) is 0 Å². The number of carbonyl (C=O) groups is 3. The Morgan fingerprint density at radius 2 is 1.47 bits per heavy atom. The quantitative estimate of drug-likeness (QED) is 0.509. The van der Waals surface area contributed by atoms with E-state index in [0.29, 0.717) is 25.9 Å². The van der Waals surface area contributed by atoms with Gasteiger partial charge in [0, 0.05) is 39.1 Å². The second-order valence-electron chi connectivity index (χ2n) is 7.83. The molecule has 2 fully saturated rings. The summed E-state index contributed by atoms with van der Waals surface area (Å²) in [4.78, 5) is 40.7. The van der Waals surface area contributed by atoms with E-state index in [1.165, 1.54) is 9.21 Å². The summed E-state index contributed by atoms with van der Waals surface area (Å²) in [6.07, 6.45) is 5.10. The molecule has 8 nitrogen and oxygen atoms in total. The van der Waals surface area contributed by atoms with Crippen molar-refractivity contribution in [1.82, 2.24) is 14.1 Å². The van der Waals surface area contributed by atoms with E-state index in [9.17, 15) is 22.8 Å². The minimum Gasteiger partial charge on any atom is -0.340 e. The van der Waals surface area contributed by atoms with Crippen LogP contribution < -0.4 is 0 Å². The standard InChI is InChI=1S/C21H25N3O5S/c25-19(10-11-24-20(26)17-8-4-5-9-18(17)21(24)27)22-12-14-23(15-13-22)30(28,29)16-6-2-1-3-7-16/h1-7,17-18H,8-15H2/t17-,18+. The summed E-state index contributed by atoms with van der Waals surface area (Å²) in [5.74, 6) is -1.10. The first-order chi connectivity index (χ1) is 14.4. The maximum atomic E-state index is 12.7. The highest BCUT2D eigenvalue weighted by atomic mass is 32.2. The predicted molar refractivity (Wildman–Crippen MR) is 108 cm³/mol. The summed E-state index contributed by atoms with van der Waals surface area (Å²) in [6.45, 7) is 1.12. The zero-order chi connectivity index (χ0) is 21.3. The summed E-state index contributed by atoms with van der Waals surface area (Å²) in [5, 5.41) is 0. The van der Waals surface area contributed by atoms with Crippen molar-refractivity contribution in [3.63, 3.8) is 0 Å². The van der Waals surface area contributed by atoms with Gasteiger partial charge in [0.05, 0.1) is 16.7 Å². The second kappa shape index (κ2) is 8.31. The van der Waals surface area contributed by atoms with E-state index in [2.05, 4.69) is 0 Å². The minimum absolute atomic E-state index is 0.0653. The summed E-state index contributed by atoms with van der Waals surface area (Å²) in [6, 6.07) is 8.24. The lowest BCUT2D eigenvalue weighted by Gasteiger charge is -2.34. The molecule has 3 amide bonds. The number of allylic oxidation sites excluding steroid dienone is 2. The Kier molecular flexibility index (Phi) is 5.75. The average molecular weight is 432 g/mol. The predicted octanol–water partition coefficient (Wildman–Crippen LogP) is 0.861. The molecule has 0 spiro atoms. The first-order valence-corrected chi connectivity index (χ1v) is 11.7. The zero-order valence-electron chi connectivity index (χ0n) is 16.6. The van der Waals surface area contributed by atoms with Crippen molar-refractivity contribution in [1.29, 1.82) is 0 Å². The molecule has 30 heavy (non-hydrogen) atoms. The Labute approximate surface area is 176 Å². The molecular weight excluding hydrogens is 406 g/mol. The van der Waals surface area contributed by atoms with Crippen molar-refractivity contribution >= 4 is 27.7 Å². The van der Waals surface area contributed by atoms with Gasteiger partial charge in [-0.15, -0.1) is 0 Å². The lowest BCUT2D eigenvalue weighted by atomic mass is 9.85. The molecule has 0 unspecified atom stereocenters. The van der Waals surface area contributed by atoms with Gasteiger partial charge in [0.2, 0.25) is 27.7 Å². The zero-order valence-corrected chi connectivity index (χ0v) is 17.5. The number of amides is 3. The van der Waals surface area contributed by atoms with E-state index >= 15 is 0 Å². The highest BCUT2D eigenvalue weighted by Gasteiger charge is 2.47. The van der Waals surface area contributed by atoms with E-state index in [-0.39, 0.29) is 60.5 Å². The van der Waals surface area contributed by atoms with Crippen LogP contribution in [0, 0.1) is 11.8 Å². The van der Waals surface area contributed by atoms with Gasteiger partial charge in [0.1, 0.15) is 0 Å². The molecule has 2 heterocycles. The largest absolute Gasteiger partial charge is 0.340 e. The molecule has 0 radical (unpaired) electrons. The number of fused-ring (bicyclic) bond motifs is 1. The molecule has 1 aromatic rings. The average Bonchev–Trinajstić information content (AvgIpc) is 3.03. The number of sulfonamides is 1. The van der Waals surface area contributed by atoms with Gasteiger partial charge in [-0.1, -0.05) is 30.4 Å². The third-order valence-electron chi connectivity index (χ3n) is 6.12. The van der Waals surface area contributed by atoms with Crippen molar-refractivity contribution in [2.24, 2.45) is 11.8 Å². The number of hydrogen-bond donors (Lipinski definition) is 0. The number of piperazine rings is 1. The van der Waals surface area contributed by atoms with Crippen LogP contribution in [-0.2, 0) is 24.4 Å². The van der Waals surface area contributed by atoms with Crippen molar-refractivity contribution < 1.29 is 22.8 Å². The topological polar surface area (TPSA) is 95.1 Å². The minimum atomic E-state index is -3.57. The molecule has 0 saturated carbocycles. The lowest BCUT2D eigenvalue weighted by molar-refractivity contribution is -0.141. The molecule has 3 aliphatic rings. The Balaban J connectivity index is 1.30. The van der Waals surface area contributed by atoms with Gasteiger partial charge in [-0.05, 0) is 25.0 Å². The molecule has 0 bridgehead atoms. The summed E-state index contributed by atoms with van der Waals surface area (Å²) >= 11 is 0. The molecule has 0 N–H and O–H groups in total. The maximum Gasteiger partial charge on any atom is 0.243 e. The SMILES string of the molecule is O=C(CCN1C(=O)[C@H]2CC=CC[C@H]2C1=O)N1CCN(S(=O)(=O)c2ccccc2)CC1. The molecular formula is C21H25N3O5S. The molecule has 1 aromatic carbocycles. The fraction of sp³-hybridized carbons (Fsp3) is 0.476. The molecule has 1 aliphatic carbocycles. The highest BCUT2D eigenvalue weighted by molar-refractivity contribution is 7.89. The number of rotatable bonds is 5. The van der Waals surface area contributed by atoms with Gasteiger partial charge in [0.25, 0.3) is 0 Å². The van der Waals surface area contributed by atoms with E-state index in [4.69, 9.17) is 0 Å². The third kappa shape index (κ3) is 3.79. The Morgan fingerprint density at radius 3 is 2.03 bits per heavy atom. The van der Waals surface area contributed by atoms with Crippen molar-refractivity contribution in [2.45, 2.75) is 24.2 Å². The fourth-order valence-electron chi connectivity index (χ4n) is 4.37. The Hall–Kier alpha value is -2.52. The second-order valence-corrected chi connectivity index (χ2v) is 9.77. The smallest absolute Gasteiger partial charge is 0.243 e. The number of benzene rings is 1. The molecule has 4 rings (SSSR count). The first kappa shape index (κ1) is 20.7. The van der Waals surface area contributed by atoms with Crippen LogP contribution in [0.15, 0.2) is 47.4 Å². The first-order valence-electron chi connectivity index (χ1n) is 10.2. The number of likely N-dealkylation sites (tertiary alicyclic amines) is 1. The van der Waals surface area contributed by atoms with Gasteiger partial charge in [-0.3, -0.25) is 19.3 Å². The van der Waals surface area contributed by atoms with Crippen LogP contribution in [-0.4, -0.2) is 73.0 Å². The van der Waals surface area contributed by atoms with E-state index < -0.39 is 10.0 Å². The monoisotopic (exact) mass is 431 g/mol. The number of hydrogen-bond acceptors (Lipinski definition) is 5. The molecule has 160 valence electrons. The van der Waals surface area contributed by atoms with Crippen LogP contribution in [0.2, 0.25) is 0 Å². The summed E-state index contributed by atoms with van der Waals surface area (Å²) in [7, 11) is -3.57. The van der Waals surface area contributed by atoms with Crippen LogP contribution >= 0.6 is 0 Å². The van der Waals surface area contributed by atoms with Gasteiger partial charge in [-0.25, -0.2) is 8.42 Å². The maximum absolute atomic E-state index is 12.7. The van der Waals surface area contributed by atoms with Gasteiger partial charge in [-0.2, -0.15) is 4.31 Å². The van der Waals surface area contributed by atoms with E-state index in [0.717, 1.165) is 0 Å². The molecule has 9 heteroatoms. The van der Waals surface area contributed by atoms with Crippen LogP contribution in [0.1, 0.15) is 19.3 Å². The van der Waals surface area contributed by atoms with Gasteiger partial charge >= 0.3 is 0 Å². The molecule has 2 atom stereocenters. The Morgan fingerprint density at radius 1 is 0.900 bits per heavy atom. The summed E-state index contributed by atoms with van der Waals surface area (Å²) < 4.78 is 26.8. The Bertz CT molecular complexity index is 942. The fourth-order valence-corrected chi connectivity index (χ4v) is 5.82. The van der Waals surface area contributed by atoms with Crippen LogP contribution in [0.25, 0.3) is 0 Å². The number of carbonyl (C=O) groups excluding carboxylic acids is 3. The molecule has 0 aromatic heterocycles. The number of imide groups is 1. The highest BCUT2D eigenvalue weighted by Crippen LogP contribution is 2.35. The van der Waals surface area contributed by atoms with Crippen LogP contribution in [0.3, 0.4) is 0 Å². The van der Waals surface area contributed by atoms with Gasteiger partial charge in [0.15, 0.2) is 0 Å². The third-order valence-corrected chi connectivity index (χ3v) is 8.03. The molecule has 2 aliphatic heterocycles. The number of nitrogens with zero attached hydrogens (tertiary/aromatic N) is 3. The summed E-state index contributed by atoms with van der Waals surface area (Å²) in [5.41, 5.74) is 0. The van der Waals surface area contributed by atoms with Gasteiger partial charge < -0.3 is 4.90 Å². The normalized spacial score (nSPS) is 24.9. The van der Waals surface area contributed by atoms with E-state index in [1.54, 1.807) is 35.2 Å². The van der Waals surface area contributed by atoms with E-state index in [1.807, 2.05) is 12.2 Å². The van der Waals surface area contributed by atoms with Crippen molar-refractivity contribution in [2.75, 3.05) is 32.7 Å².